The molecule has 0 aliphatic rings. The summed E-state index contributed by atoms with van der Waals surface area (Å²) in [4.78, 5) is 10.4. The molecule has 0 aromatic rings. The van der Waals surface area contributed by atoms with Crippen molar-refractivity contribution >= 4 is 6.09 Å². The zero-order chi connectivity index (χ0) is 9.49. The van der Waals surface area contributed by atoms with Crippen LogP contribution < -0.4 is 11.3 Å². The van der Waals surface area contributed by atoms with Crippen LogP contribution in [0.5, 0.6) is 0 Å². The average Bonchev–Trinajstić information content (AvgIpc) is 1.89. The van der Waals surface area contributed by atoms with E-state index in [2.05, 4.69) is 0 Å². The van der Waals surface area contributed by atoms with Gasteiger partial charge in [-0.05, 0) is 20.8 Å². The van der Waals surface area contributed by atoms with Crippen molar-refractivity contribution in [3.8, 4) is 0 Å². The molecule has 3 N–H and O–H groups in total. The van der Waals surface area contributed by atoms with Crippen molar-refractivity contribution in [3.05, 3.63) is 0 Å². The van der Waals surface area contributed by atoms with Crippen LogP contribution in [0.3, 0.4) is 0 Å². The summed E-state index contributed by atoms with van der Waals surface area (Å²) in [5.74, 6) is 4.75. The molecular weight excluding hydrogens is 144 g/mol. The van der Waals surface area contributed by atoms with Crippen molar-refractivity contribution in [1.29, 1.82) is 0 Å². The molecule has 4 heteroatoms. The lowest BCUT2D eigenvalue weighted by atomic mass is 10.2. The normalized spacial score (nSPS) is 9.27. The fraction of sp³-hybridized carbons (Fsp3) is 0.857. The van der Waals surface area contributed by atoms with E-state index in [1.807, 2.05) is 19.3 Å². The maximum absolute atomic E-state index is 10.4. The van der Waals surface area contributed by atoms with Crippen molar-refractivity contribution in [3.63, 3.8) is 0 Å². The first-order valence-electron chi connectivity index (χ1n) is 3.65. The van der Waals surface area contributed by atoms with Gasteiger partial charge in [0, 0.05) is 0 Å². The molecule has 0 aromatic carbocycles. The second-order valence-electron chi connectivity index (χ2n) is 2.65. The number of carbonyl (C=O) groups is 1. The minimum atomic E-state index is -0.609. The summed E-state index contributed by atoms with van der Waals surface area (Å²) in [7, 11) is 0. The molecule has 0 heterocycles. The maximum Gasteiger partial charge on any atom is 0.421 e. The number of amides is 1. The van der Waals surface area contributed by atoms with Gasteiger partial charge in [-0.3, -0.25) is 5.43 Å². The number of hydrogen-bond acceptors (Lipinski definition) is 3. The molecule has 0 fully saturated rings. The minimum Gasteiger partial charge on any atom is -0.443 e. The highest BCUT2D eigenvalue weighted by Gasteiger charge is 2.14. The summed E-state index contributed by atoms with van der Waals surface area (Å²) in [6.45, 7) is 9.30. The van der Waals surface area contributed by atoms with Crippen molar-refractivity contribution in [2.24, 2.45) is 5.84 Å². The highest BCUT2D eigenvalue weighted by atomic mass is 16.6. The van der Waals surface area contributed by atoms with Crippen LogP contribution in [0.4, 0.5) is 4.79 Å². The molecule has 0 saturated carbocycles. The Morgan fingerprint density at radius 1 is 1.36 bits per heavy atom. The highest BCUT2D eigenvalue weighted by molar-refractivity contribution is 5.66. The number of hydrazine groups is 1. The number of ether oxygens (including phenoxy) is 1. The fourth-order valence-electron chi connectivity index (χ4n) is 0.308. The van der Waals surface area contributed by atoms with Crippen LogP contribution >= 0.6 is 0 Å². The van der Waals surface area contributed by atoms with Gasteiger partial charge in [0.05, 0.1) is 0 Å². The molecule has 0 saturated heterocycles. The molecule has 0 radical (unpaired) electrons. The fourth-order valence-corrected chi connectivity index (χ4v) is 0.308. The van der Waals surface area contributed by atoms with Crippen molar-refractivity contribution in [2.45, 2.75) is 40.2 Å². The standard InChI is InChI=1S/C5H12N2O2.C2H6/c1-5(2,3)9-4(8)7-6;1-2/h6H2,1-3H3,(H,7,8);1-2H3. The van der Waals surface area contributed by atoms with Crippen LogP contribution in [-0.2, 0) is 4.74 Å². The van der Waals surface area contributed by atoms with Gasteiger partial charge in [0.25, 0.3) is 0 Å². The first kappa shape index (κ1) is 12.9. The van der Waals surface area contributed by atoms with E-state index in [1.165, 1.54) is 0 Å². The molecule has 0 aliphatic heterocycles. The first-order chi connectivity index (χ1) is 4.95. The summed E-state index contributed by atoms with van der Waals surface area (Å²) in [6, 6.07) is 0. The van der Waals surface area contributed by atoms with E-state index in [0.717, 1.165) is 0 Å². The summed E-state index contributed by atoms with van der Waals surface area (Å²) in [6.07, 6.45) is -0.609. The van der Waals surface area contributed by atoms with Gasteiger partial charge in [-0.2, -0.15) is 0 Å². The summed E-state index contributed by atoms with van der Waals surface area (Å²) < 4.78 is 4.71. The lowest BCUT2D eigenvalue weighted by Gasteiger charge is -2.18. The van der Waals surface area contributed by atoms with E-state index >= 15 is 0 Å². The quantitative estimate of drug-likeness (QED) is 0.321. The number of nitrogens with one attached hydrogen (secondary N) is 1. The molecule has 4 nitrogen and oxygen atoms in total. The zero-order valence-electron chi connectivity index (χ0n) is 7.89. The van der Waals surface area contributed by atoms with E-state index in [1.54, 1.807) is 20.8 Å². The van der Waals surface area contributed by atoms with Gasteiger partial charge in [0.15, 0.2) is 0 Å². The Morgan fingerprint density at radius 3 is 1.82 bits per heavy atom. The Hall–Kier alpha value is -0.770. The predicted octanol–water partition coefficient (Wildman–Crippen LogP) is 1.41. The minimum absolute atomic E-state index is 0.469. The number of carbonyl (C=O) groups excluding carboxylic acids is 1. The monoisotopic (exact) mass is 162 g/mol. The van der Waals surface area contributed by atoms with Crippen molar-refractivity contribution in [1.82, 2.24) is 5.43 Å². The predicted molar refractivity (Wildman–Crippen MR) is 44.9 cm³/mol. The van der Waals surface area contributed by atoms with Gasteiger partial charge in [0.1, 0.15) is 5.60 Å². The Labute approximate surface area is 68.1 Å². The van der Waals surface area contributed by atoms with Gasteiger partial charge in [-0.15, -0.1) is 0 Å². The highest BCUT2D eigenvalue weighted by Crippen LogP contribution is 2.05. The molecular formula is C7H18N2O2. The molecule has 68 valence electrons. The molecule has 0 aromatic heterocycles. The molecule has 1 amide bonds. The lowest BCUT2D eigenvalue weighted by Crippen LogP contribution is -2.36. The number of nitrogens with two attached hydrogens (primary N) is 1. The van der Waals surface area contributed by atoms with Crippen LogP contribution in [0.25, 0.3) is 0 Å². The van der Waals surface area contributed by atoms with E-state index in [4.69, 9.17) is 10.6 Å². The van der Waals surface area contributed by atoms with E-state index < -0.39 is 11.7 Å². The largest absolute Gasteiger partial charge is 0.443 e. The number of rotatable bonds is 0. The molecule has 11 heavy (non-hydrogen) atoms. The Morgan fingerprint density at radius 2 is 1.73 bits per heavy atom. The molecule has 0 bridgehead atoms. The van der Waals surface area contributed by atoms with Gasteiger partial charge < -0.3 is 4.74 Å². The maximum atomic E-state index is 10.4. The molecule has 0 atom stereocenters. The lowest BCUT2D eigenvalue weighted by molar-refractivity contribution is 0.0527. The van der Waals surface area contributed by atoms with Gasteiger partial charge in [-0.25, -0.2) is 10.6 Å². The van der Waals surface area contributed by atoms with Crippen LogP contribution in [-0.4, -0.2) is 11.7 Å². The average molecular weight is 162 g/mol. The second kappa shape index (κ2) is 5.97. The SMILES string of the molecule is CC.CC(C)(C)OC(=O)NN. The first-order valence-corrected chi connectivity index (χ1v) is 3.65. The topological polar surface area (TPSA) is 64.3 Å². The van der Waals surface area contributed by atoms with Crippen LogP contribution in [0.2, 0.25) is 0 Å². The Bertz CT molecular complexity index is 107. The third-order valence-electron chi connectivity index (χ3n) is 0.517. The van der Waals surface area contributed by atoms with Gasteiger partial charge >= 0.3 is 6.09 Å². The second-order valence-corrected chi connectivity index (χ2v) is 2.65. The van der Waals surface area contributed by atoms with Gasteiger partial charge in [0.2, 0.25) is 0 Å². The van der Waals surface area contributed by atoms with Crippen LogP contribution in [0, 0.1) is 0 Å². The van der Waals surface area contributed by atoms with Crippen molar-refractivity contribution < 1.29 is 9.53 Å². The Kier molecular flexibility index (Phi) is 6.99. The van der Waals surface area contributed by atoms with E-state index in [0.29, 0.717) is 0 Å². The van der Waals surface area contributed by atoms with Crippen LogP contribution in [0.1, 0.15) is 34.6 Å². The third-order valence-corrected chi connectivity index (χ3v) is 0.517. The van der Waals surface area contributed by atoms with E-state index in [9.17, 15) is 4.79 Å². The molecule has 0 aliphatic carbocycles. The summed E-state index contributed by atoms with van der Waals surface area (Å²) in [5, 5.41) is 0. The smallest absolute Gasteiger partial charge is 0.421 e. The molecule has 0 unspecified atom stereocenters. The van der Waals surface area contributed by atoms with E-state index in [-0.39, 0.29) is 0 Å². The number of hydrogen-bond donors (Lipinski definition) is 2. The third kappa shape index (κ3) is 12.4. The summed E-state index contributed by atoms with van der Waals surface area (Å²) in [5.41, 5.74) is 1.39. The Balaban J connectivity index is 0. The zero-order valence-corrected chi connectivity index (χ0v) is 7.89. The van der Waals surface area contributed by atoms with Crippen molar-refractivity contribution in [2.75, 3.05) is 0 Å². The van der Waals surface area contributed by atoms with Gasteiger partial charge in [-0.1, -0.05) is 13.8 Å². The molecule has 0 rings (SSSR count). The summed E-state index contributed by atoms with van der Waals surface area (Å²) >= 11 is 0. The molecule has 0 spiro atoms. The van der Waals surface area contributed by atoms with Crippen LogP contribution in [0.15, 0.2) is 0 Å².